The number of aromatic nitrogens is 1. The van der Waals surface area contributed by atoms with Gasteiger partial charge in [0, 0.05) is 6.54 Å². The van der Waals surface area contributed by atoms with Crippen molar-refractivity contribution in [3.8, 4) is 5.88 Å². The SMILES string of the molecule is NCc1cc(N)c(OC(F)(F)F)nc1CO. The summed E-state index contributed by atoms with van der Waals surface area (Å²) < 4.78 is 39.4. The van der Waals surface area contributed by atoms with Gasteiger partial charge in [-0.1, -0.05) is 0 Å². The minimum Gasteiger partial charge on any atom is -0.394 e. The number of nitrogen functional groups attached to an aromatic ring is 1. The molecule has 0 unspecified atom stereocenters. The van der Waals surface area contributed by atoms with Gasteiger partial charge in [0.25, 0.3) is 0 Å². The van der Waals surface area contributed by atoms with E-state index in [0.717, 1.165) is 0 Å². The van der Waals surface area contributed by atoms with Gasteiger partial charge in [0.05, 0.1) is 18.0 Å². The molecule has 90 valence electrons. The fourth-order valence-corrected chi connectivity index (χ4v) is 1.10. The molecule has 1 rings (SSSR count). The standard InChI is InChI=1S/C8H10F3N3O2/c9-8(10,11)16-7-5(13)1-4(2-12)6(3-15)14-7/h1,15H,2-3,12-13H2. The molecule has 0 aliphatic rings. The average Bonchev–Trinajstić information content (AvgIpc) is 2.18. The third kappa shape index (κ3) is 2.97. The van der Waals surface area contributed by atoms with Gasteiger partial charge in [0.2, 0.25) is 5.88 Å². The number of nitrogens with two attached hydrogens (primary N) is 2. The highest BCUT2D eigenvalue weighted by atomic mass is 19.4. The number of anilines is 1. The zero-order chi connectivity index (χ0) is 12.3. The molecule has 0 spiro atoms. The van der Waals surface area contributed by atoms with Crippen molar-refractivity contribution >= 4 is 5.69 Å². The molecular weight excluding hydrogens is 227 g/mol. The molecule has 0 atom stereocenters. The summed E-state index contributed by atoms with van der Waals surface area (Å²) in [7, 11) is 0. The van der Waals surface area contributed by atoms with Crippen LogP contribution in [0.25, 0.3) is 0 Å². The zero-order valence-corrected chi connectivity index (χ0v) is 8.08. The van der Waals surface area contributed by atoms with Gasteiger partial charge in [-0.2, -0.15) is 0 Å². The molecule has 16 heavy (non-hydrogen) atoms. The predicted molar refractivity (Wildman–Crippen MR) is 49.1 cm³/mol. The zero-order valence-electron chi connectivity index (χ0n) is 8.08. The summed E-state index contributed by atoms with van der Waals surface area (Å²) in [6.07, 6.45) is -4.88. The first kappa shape index (κ1) is 12.5. The molecule has 0 bridgehead atoms. The van der Waals surface area contributed by atoms with Crippen molar-refractivity contribution in [3.63, 3.8) is 0 Å². The molecule has 0 aromatic carbocycles. The van der Waals surface area contributed by atoms with Crippen LogP contribution in [0.1, 0.15) is 11.3 Å². The summed E-state index contributed by atoms with van der Waals surface area (Å²) in [5.41, 5.74) is 10.7. The van der Waals surface area contributed by atoms with Crippen molar-refractivity contribution < 1.29 is 23.0 Å². The molecule has 5 N–H and O–H groups in total. The van der Waals surface area contributed by atoms with Gasteiger partial charge < -0.3 is 21.3 Å². The van der Waals surface area contributed by atoms with Crippen LogP contribution in [0.15, 0.2) is 6.07 Å². The quantitative estimate of drug-likeness (QED) is 0.712. The molecule has 8 heteroatoms. The molecule has 0 aliphatic heterocycles. The molecule has 0 radical (unpaired) electrons. The Labute approximate surface area is 88.8 Å². The Morgan fingerprint density at radius 3 is 2.50 bits per heavy atom. The van der Waals surface area contributed by atoms with E-state index >= 15 is 0 Å². The maximum absolute atomic E-state index is 11.9. The van der Waals surface area contributed by atoms with Gasteiger partial charge in [0.1, 0.15) is 0 Å². The van der Waals surface area contributed by atoms with E-state index in [1.165, 1.54) is 6.07 Å². The maximum Gasteiger partial charge on any atom is 0.574 e. The topological polar surface area (TPSA) is 94.4 Å². The molecule has 0 amide bonds. The van der Waals surface area contributed by atoms with Gasteiger partial charge in [-0.3, -0.25) is 0 Å². The first-order valence-electron chi connectivity index (χ1n) is 4.22. The van der Waals surface area contributed by atoms with Crippen molar-refractivity contribution in [1.82, 2.24) is 4.98 Å². The van der Waals surface area contributed by atoms with Crippen LogP contribution < -0.4 is 16.2 Å². The Balaban J connectivity index is 3.11. The number of pyridine rings is 1. The minimum atomic E-state index is -4.88. The summed E-state index contributed by atoms with van der Waals surface area (Å²) in [4.78, 5) is 3.45. The number of halogens is 3. The fraction of sp³-hybridized carbons (Fsp3) is 0.375. The number of ether oxygens (including phenoxy) is 1. The van der Waals surface area contributed by atoms with E-state index in [1.54, 1.807) is 0 Å². The molecule has 5 nitrogen and oxygen atoms in total. The summed E-state index contributed by atoms with van der Waals surface area (Å²) in [6, 6.07) is 1.19. The van der Waals surface area contributed by atoms with Crippen LogP contribution in [-0.2, 0) is 13.2 Å². The number of hydrogen-bond donors (Lipinski definition) is 3. The van der Waals surface area contributed by atoms with Crippen molar-refractivity contribution in [2.75, 3.05) is 5.73 Å². The second-order valence-corrected chi connectivity index (χ2v) is 2.90. The van der Waals surface area contributed by atoms with Gasteiger partial charge in [-0.15, -0.1) is 13.2 Å². The van der Waals surface area contributed by atoms with E-state index in [4.69, 9.17) is 16.6 Å². The average molecular weight is 237 g/mol. The third-order valence-electron chi connectivity index (χ3n) is 1.77. The molecule has 0 saturated heterocycles. The Kier molecular flexibility index (Phi) is 3.55. The van der Waals surface area contributed by atoms with Gasteiger partial charge >= 0.3 is 6.36 Å². The predicted octanol–water partition coefficient (Wildman–Crippen LogP) is 0.513. The van der Waals surface area contributed by atoms with Crippen LogP contribution >= 0.6 is 0 Å². The number of rotatable bonds is 3. The molecule has 0 aliphatic carbocycles. The Bertz CT molecular complexity index is 382. The highest BCUT2D eigenvalue weighted by molar-refractivity contribution is 5.51. The first-order valence-corrected chi connectivity index (χ1v) is 4.22. The summed E-state index contributed by atoms with van der Waals surface area (Å²) in [5.74, 6) is -0.784. The second kappa shape index (κ2) is 4.54. The van der Waals surface area contributed by atoms with Crippen molar-refractivity contribution in [3.05, 3.63) is 17.3 Å². The van der Waals surface area contributed by atoms with E-state index in [9.17, 15) is 13.2 Å². The lowest BCUT2D eigenvalue weighted by atomic mass is 10.2. The number of hydrogen-bond acceptors (Lipinski definition) is 5. The number of aliphatic hydroxyl groups is 1. The number of nitrogens with zero attached hydrogens (tertiary/aromatic N) is 1. The molecule has 0 fully saturated rings. The molecule has 1 aromatic rings. The maximum atomic E-state index is 11.9. The van der Waals surface area contributed by atoms with Crippen molar-refractivity contribution in [2.45, 2.75) is 19.5 Å². The van der Waals surface area contributed by atoms with Crippen LogP contribution in [0.5, 0.6) is 5.88 Å². The van der Waals surface area contributed by atoms with Crippen molar-refractivity contribution in [2.24, 2.45) is 5.73 Å². The summed E-state index contributed by atoms with van der Waals surface area (Å²) >= 11 is 0. The van der Waals surface area contributed by atoms with Crippen LogP contribution in [0.3, 0.4) is 0 Å². The number of aliphatic hydroxyl groups excluding tert-OH is 1. The summed E-state index contributed by atoms with van der Waals surface area (Å²) in [6.45, 7) is -0.527. The van der Waals surface area contributed by atoms with Gasteiger partial charge in [-0.25, -0.2) is 4.98 Å². The van der Waals surface area contributed by atoms with E-state index in [-0.39, 0.29) is 17.9 Å². The van der Waals surface area contributed by atoms with E-state index < -0.39 is 18.8 Å². The van der Waals surface area contributed by atoms with Crippen LogP contribution in [-0.4, -0.2) is 16.5 Å². The molecule has 1 heterocycles. The lowest BCUT2D eigenvalue weighted by molar-refractivity contribution is -0.275. The monoisotopic (exact) mass is 237 g/mol. The van der Waals surface area contributed by atoms with Gasteiger partial charge in [-0.05, 0) is 11.6 Å². The second-order valence-electron chi connectivity index (χ2n) is 2.90. The Morgan fingerprint density at radius 2 is 2.06 bits per heavy atom. The van der Waals surface area contributed by atoms with Crippen molar-refractivity contribution in [1.29, 1.82) is 0 Å². The van der Waals surface area contributed by atoms with E-state index in [2.05, 4.69) is 9.72 Å². The summed E-state index contributed by atoms with van der Waals surface area (Å²) in [5, 5.41) is 8.87. The minimum absolute atomic E-state index is 0.0101. The molecular formula is C8H10F3N3O2. The normalized spacial score (nSPS) is 11.6. The van der Waals surface area contributed by atoms with Crippen LogP contribution in [0.2, 0.25) is 0 Å². The largest absolute Gasteiger partial charge is 0.574 e. The highest BCUT2D eigenvalue weighted by Crippen LogP contribution is 2.28. The van der Waals surface area contributed by atoms with E-state index in [0.29, 0.717) is 5.56 Å². The first-order chi connectivity index (χ1) is 7.37. The fourth-order valence-electron chi connectivity index (χ4n) is 1.10. The third-order valence-corrected chi connectivity index (χ3v) is 1.77. The highest BCUT2D eigenvalue weighted by Gasteiger charge is 2.33. The lowest BCUT2D eigenvalue weighted by Crippen LogP contribution is -2.20. The Morgan fingerprint density at radius 1 is 1.44 bits per heavy atom. The van der Waals surface area contributed by atoms with Crippen LogP contribution in [0, 0.1) is 0 Å². The lowest BCUT2D eigenvalue weighted by Gasteiger charge is -2.13. The number of alkyl halides is 3. The molecule has 0 saturated carbocycles. The Hall–Kier alpha value is -1.54. The molecule has 1 aromatic heterocycles. The van der Waals surface area contributed by atoms with Gasteiger partial charge in [0.15, 0.2) is 0 Å². The van der Waals surface area contributed by atoms with E-state index in [1.807, 2.05) is 0 Å². The van der Waals surface area contributed by atoms with Crippen LogP contribution in [0.4, 0.5) is 18.9 Å². The smallest absolute Gasteiger partial charge is 0.394 e.